The van der Waals surface area contributed by atoms with Crippen molar-refractivity contribution in [1.82, 2.24) is 0 Å². The molecule has 0 aromatic heterocycles. The first-order valence-electron chi connectivity index (χ1n) is 11.1. The molecular formula is C23H32N4O10S3. The molecule has 3 aromatic carbocycles. The highest BCUT2D eigenvalue weighted by Gasteiger charge is 2.13. The van der Waals surface area contributed by atoms with E-state index >= 15 is 0 Å². The second-order valence-electron chi connectivity index (χ2n) is 8.28. The highest BCUT2D eigenvalue weighted by Crippen LogP contribution is 2.24. The van der Waals surface area contributed by atoms with Gasteiger partial charge in [-0.15, -0.1) is 0 Å². The lowest BCUT2D eigenvalue weighted by atomic mass is 10.1. The molecule has 0 amide bonds. The Hall–Kier alpha value is -3.61. The van der Waals surface area contributed by atoms with Crippen LogP contribution in [0.4, 0.5) is 22.7 Å². The Balaban J connectivity index is 0.000000309. The summed E-state index contributed by atoms with van der Waals surface area (Å²) in [6.45, 7) is 4.03. The zero-order valence-corrected chi connectivity index (χ0v) is 24.0. The number of hydrogen-bond donors (Lipinski definition) is 7. The van der Waals surface area contributed by atoms with Crippen molar-refractivity contribution in [2.75, 3.05) is 35.3 Å². The normalized spacial score (nSPS) is 11.4. The average Bonchev–Trinajstić information content (AvgIpc) is 2.81. The van der Waals surface area contributed by atoms with E-state index in [1.54, 1.807) is 6.07 Å². The van der Waals surface area contributed by atoms with E-state index < -0.39 is 30.4 Å². The lowest BCUT2D eigenvalue weighted by Gasteiger charge is -2.11. The van der Waals surface area contributed by atoms with Gasteiger partial charge in [0.15, 0.2) is 0 Å². The van der Waals surface area contributed by atoms with Gasteiger partial charge in [-0.2, -0.15) is 25.3 Å². The van der Waals surface area contributed by atoms with Gasteiger partial charge in [0.05, 0.1) is 22.9 Å². The lowest BCUT2D eigenvalue weighted by molar-refractivity contribution is 0.314. The maximum Gasteiger partial charge on any atom is 0.296 e. The summed E-state index contributed by atoms with van der Waals surface area (Å²) in [7, 11) is -12.2. The van der Waals surface area contributed by atoms with E-state index in [2.05, 4.69) is 0 Å². The van der Waals surface area contributed by atoms with Gasteiger partial charge in [0, 0.05) is 23.1 Å². The van der Waals surface area contributed by atoms with Gasteiger partial charge in [0.25, 0.3) is 30.4 Å². The van der Waals surface area contributed by atoms with Crippen LogP contribution in [-0.2, 0) is 30.4 Å². The molecule has 0 bridgehead atoms. The fourth-order valence-corrected chi connectivity index (χ4v) is 4.45. The Morgan fingerprint density at radius 3 is 1.70 bits per heavy atom. The number of benzene rings is 3. The maximum absolute atomic E-state index is 10.6. The van der Waals surface area contributed by atoms with Gasteiger partial charge in [0.2, 0.25) is 0 Å². The first-order valence-corrected chi connectivity index (χ1v) is 15.6. The van der Waals surface area contributed by atoms with Gasteiger partial charge in [-0.25, -0.2) is 0 Å². The van der Waals surface area contributed by atoms with Crippen molar-refractivity contribution in [2.24, 2.45) is 0 Å². The third kappa shape index (κ3) is 12.5. The van der Waals surface area contributed by atoms with Crippen LogP contribution in [0.1, 0.15) is 17.5 Å². The molecule has 0 fully saturated rings. The molecule has 17 heteroatoms. The molecule has 0 aliphatic heterocycles. The summed E-state index contributed by atoms with van der Waals surface area (Å²) >= 11 is 0. The third-order valence-corrected chi connectivity index (χ3v) is 7.44. The highest BCUT2D eigenvalue weighted by atomic mass is 32.2. The number of nitrogens with two attached hydrogens (primary N) is 4. The van der Waals surface area contributed by atoms with E-state index in [4.69, 9.17) is 41.3 Å². The van der Waals surface area contributed by atoms with Gasteiger partial charge in [-0.1, -0.05) is 6.07 Å². The van der Waals surface area contributed by atoms with Crippen molar-refractivity contribution < 1.29 is 43.6 Å². The summed E-state index contributed by atoms with van der Waals surface area (Å²) in [6, 6.07) is 12.8. The van der Waals surface area contributed by atoms with Crippen LogP contribution in [0.5, 0.6) is 5.75 Å². The fraction of sp³-hybridized carbons (Fsp3) is 0.217. The molecular weight excluding hydrogens is 588 g/mol. The standard InChI is InChI=1S/C11H17NO4S.C6H8N2O3S.C6H7NO3S/c1-8-6-9(2)11(7-10(8)12)16-4-3-5-17(13,14)15;7-4-1-2-5(8)6(3-4)12(9,10)11;7-5-1-3-6(4-2-5)11(8,9)10/h6-7H,3-5,12H2,1-2H3,(H,13,14,15);1-3H,7-8H2,(H,9,10,11);1-4H,7H2,(H,8,9,10). The van der Waals surface area contributed by atoms with Crippen LogP contribution in [0.3, 0.4) is 0 Å². The zero-order chi connectivity index (χ0) is 30.9. The van der Waals surface area contributed by atoms with Gasteiger partial charge >= 0.3 is 0 Å². The van der Waals surface area contributed by atoms with Gasteiger partial charge < -0.3 is 27.7 Å². The van der Waals surface area contributed by atoms with E-state index in [0.29, 0.717) is 17.1 Å². The lowest BCUT2D eigenvalue weighted by Crippen LogP contribution is -2.09. The van der Waals surface area contributed by atoms with Crippen LogP contribution < -0.4 is 27.7 Å². The fourth-order valence-electron chi connectivity index (χ4n) is 2.84. The van der Waals surface area contributed by atoms with Crippen LogP contribution in [0.15, 0.2) is 64.4 Å². The Bertz CT molecular complexity index is 1630. The Labute approximate surface area is 233 Å². The summed E-state index contributed by atoms with van der Waals surface area (Å²) in [5.41, 5.74) is 24.8. The van der Waals surface area contributed by atoms with Crippen LogP contribution in [-0.4, -0.2) is 51.3 Å². The quantitative estimate of drug-likeness (QED) is 0.113. The van der Waals surface area contributed by atoms with E-state index in [0.717, 1.165) is 17.2 Å². The molecule has 3 rings (SSSR count). The van der Waals surface area contributed by atoms with Crippen molar-refractivity contribution in [1.29, 1.82) is 0 Å². The second kappa shape index (κ2) is 14.1. The van der Waals surface area contributed by atoms with Gasteiger partial charge in [0.1, 0.15) is 10.6 Å². The third-order valence-electron chi connectivity index (χ3n) is 4.86. The monoisotopic (exact) mass is 620 g/mol. The molecule has 0 atom stereocenters. The van der Waals surface area contributed by atoms with Gasteiger partial charge in [-0.3, -0.25) is 13.7 Å². The minimum Gasteiger partial charge on any atom is -0.493 e. The number of aryl methyl sites for hydroxylation is 2. The van der Waals surface area contributed by atoms with Gasteiger partial charge in [-0.05, 0) is 73.9 Å². The number of rotatable bonds is 7. The summed E-state index contributed by atoms with van der Waals surface area (Å²) in [4.78, 5) is -0.505. The van der Waals surface area contributed by atoms with Crippen molar-refractivity contribution in [3.8, 4) is 5.75 Å². The molecule has 0 aliphatic carbocycles. The van der Waals surface area contributed by atoms with E-state index in [-0.39, 0.29) is 39.9 Å². The SMILES string of the molecule is Cc1cc(C)c(OCCCS(=O)(=O)O)cc1N.Nc1ccc(N)c(S(=O)(=O)O)c1.Nc1ccc(S(=O)(=O)O)cc1. The topological polar surface area (TPSA) is 276 Å². The van der Waals surface area contributed by atoms with Crippen molar-refractivity contribution in [3.63, 3.8) is 0 Å². The molecule has 0 spiro atoms. The number of hydrogen-bond acceptors (Lipinski definition) is 11. The number of nitrogen functional groups attached to an aromatic ring is 4. The first kappa shape index (κ1) is 34.4. The Morgan fingerprint density at radius 2 is 1.23 bits per heavy atom. The largest absolute Gasteiger partial charge is 0.493 e. The summed E-state index contributed by atoms with van der Waals surface area (Å²) in [5, 5.41) is 0. The molecule has 222 valence electrons. The molecule has 40 heavy (non-hydrogen) atoms. The minimum absolute atomic E-state index is 0.0216. The Morgan fingerprint density at radius 1 is 0.675 bits per heavy atom. The van der Waals surface area contributed by atoms with Crippen LogP contribution in [0.2, 0.25) is 0 Å². The van der Waals surface area contributed by atoms with Crippen LogP contribution >= 0.6 is 0 Å². The molecule has 0 unspecified atom stereocenters. The number of anilines is 4. The van der Waals surface area contributed by atoms with Crippen LogP contribution in [0, 0.1) is 13.8 Å². The number of ether oxygens (including phenoxy) is 1. The molecule has 0 radical (unpaired) electrons. The second-order valence-corrected chi connectivity index (χ2v) is 12.7. The minimum atomic E-state index is -4.26. The van der Waals surface area contributed by atoms with Crippen molar-refractivity contribution in [2.45, 2.75) is 30.1 Å². The van der Waals surface area contributed by atoms with Crippen molar-refractivity contribution >= 4 is 53.1 Å². The van der Waals surface area contributed by atoms with E-state index in [1.165, 1.54) is 36.4 Å². The highest BCUT2D eigenvalue weighted by molar-refractivity contribution is 7.86. The maximum atomic E-state index is 10.6. The first-order chi connectivity index (χ1) is 18.2. The zero-order valence-electron chi connectivity index (χ0n) is 21.6. The summed E-state index contributed by atoms with van der Waals surface area (Å²) < 4.78 is 94.2. The van der Waals surface area contributed by atoms with E-state index in [1.807, 2.05) is 19.9 Å². The Kier molecular flexibility index (Phi) is 12.2. The smallest absolute Gasteiger partial charge is 0.296 e. The molecule has 0 aliphatic rings. The molecule has 3 aromatic rings. The molecule has 0 saturated heterocycles. The molecule has 14 nitrogen and oxygen atoms in total. The average molecular weight is 621 g/mol. The molecule has 0 heterocycles. The predicted molar refractivity (Wildman–Crippen MR) is 153 cm³/mol. The molecule has 0 saturated carbocycles. The summed E-state index contributed by atoms with van der Waals surface area (Å²) in [6.07, 6.45) is 0.242. The van der Waals surface area contributed by atoms with Crippen molar-refractivity contribution in [3.05, 3.63) is 65.7 Å². The predicted octanol–water partition coefficient (Wildman–Crippen LogP) is 2.16. The molecule has 11 N–H and O–H groups in total. The van der Waals surface area contributed by atoms with E-state index in [9.17, 15) is 25.3 Å². The summed E-state index contributed by atoms with van der Waals surface area (Å²) in [5.74, 6) is 0.344. The van der Waals surface area contributed by atoms with Crippen LogP contribution in [0.25, 0.3) is 0 Å².